The highest BCUT2D eigenvalue weighted by Crippen LogP contribution is 2.25. The van der Waals surface area contributed by atoms with Crippen LogP contribution < -0.4 is 0 Å². The minimum absolute atomic E-state index is 0.296. The second-order valence-electron chi connectivity index (χ2n) is 4.66. The number of aromatic amines is 1. The maximum atomic E-state index is 11.0. The molecule has 0 spiro atoms. The monoisotopic (exact) mass is 251 g/mol. The van der Waals surface area contributed by atoms with Crippen LogP contribution in [0, 0.1) is 6.92 Å². The number of aryl methyl sites for hydroxylation is 1. The van der Waals surface area contributed by atoms with Gasteiger partial charge in [0.25, 0.3) is 0 Å². The number of aromatic nitrogens is 1. The van der Waals surface area contributed by atoms with Gasteiger partial charge in [-0.25, -0.2) is 4.79 Å². The molecular weight excluding hydrogens is 238 g/mol. The third-order valence-electron chi connectivity index (χ3n) is 3.20. The summed E-state index contributed by atoms with van der Waals surface area (Å²) in [6, 6.07) is 15.4. The van der Waals surface area contributed by atoms with Crippen molar-refractivity contribution in [2.24, 2.45) is 0 Å². The molecule has 3 rings (SSSR count). The van der Waals surface area contributed by atoms with Gasteiger partial charge >= 0.3 is 5.97 Å². The van der Waals surface area contributed by atoms with Crippen LogP contribution in [0.5, 0.6) is 0 Å². The number of hydrogen-bond acceptors (Lipinski definition) is 1. The zero-order valence-corrected chi connectivity index (χ0v) is 10.5. The Kier molecular flexibility index (Phi) is 2.60. The van der Waals surface area contributed by atoms with E-state index in [1.165, 1.54) is 5.56 Å². The van der Waals surface area contributed by atoms with E-state index in [-0.39, 0.29) is 0 Å². The summed E-state index contributed by atoms with van der Waals surface area (Å²) in [4.78, 5) is 14.2. The molecular formula is C16H13NO2. The van der Waals surface area contributed by atoms with E-state index in [4.69, 9.17) is 5.11 Å². The summed E-state index contributed by atoms with van der Waals surface area (Å²) < 4.78 is 0. The molecule has 3 heteroatoms. The molecule has 0 radical (unpaired) electrons. The Morgan fingerprint density at radius 3 is 2.68 bits per heavy atom. The highest BCUT2D eigenvalue weighted by Gasteiger charge is 2.07. The first kappa shape index (κ1) is 11.5. The first-order valence-corrected chi connectivity index (χ1v) is 6.06. The number of fused-ring (bicyclic) bond motifs is 1. The quantitative estimate of drug-likeness (QED) is 0.727. The largest absolute Gasteiger partial charge is 0.478 e. The van der Waals surface area contributed by atoms with Crippen molar-refractivity contribution in [2.75, 3.05) is 0 Å². The van der Waals surface area contributed by atoms with Crippen LogP contribution in [0.4, 0.5) is 0 Å². The fraction of sp³-hybridized carbons (Fsp3) is 0.0625. The highest BCUT2D eigenvalue weighted by atomic mass is 16.4. The highest BCUT2D eigenvalue weighted by molar-refractivity contribution is 5.94. The standard InChI is InChI=1S/C16H13NO2/c1-10-3-2-4-11(7-10)14-8-12-5-6-13(16(18)19)9-15(12)17-14/h2-9,17H,1H3,(H,18,19). The molecule has 0 unspecified atom stereocenters. The van der Waals surface area contributed by atoms with Crippen LogP contribution >= 0.6 is 0 Å². The average Bonchev–Trinajstić information content (AvgIpc) is 2.81. The number of carboxylic acid groups (broad SMARTS) is 1. The van der Waals surface area contributed by atoms with E-state index >= 15 is 0 Å². The molecule has 0 aliphatic rings. The van der Waals surface area contributed by atoms with Crippen LogP contribution in [-0.2, 0) is 0 Å². The number of rotatable bonds is 2. The number of carbonyl (C=O) groups is 1. The second-order valence-corrected chi connectivity index (χ2v) is 4.66. The van der Waals surface area contributed by atoms with Gasteiger partial charge in [-0.15, -0.1) is 0 Å². The number of hydrogen-bond donors (Lipinski definition) is 2. The van der Waals surface area contributed by atoms with Gasteiger partial charge in [-0.1, -0.05) is 29.8 Å². The molecule has 0 bridgehead atoms. The van der Waals surface area contributed by atoms with Gasteiger partial charge in [0.2, 0.25) is 0 Å². The fourth-order valence-electron chi connectivity index (χ4n) is 2.23. The van der Waals surface area contributed by atoms with Crippen LogP contribution in [0.3, 0.4) is 0 Å². The Bertz CT molecular complexity index is 771. The molecule has 0 fully saturated rings. The second kappa shape index (κ2) is 4.28. The van der Waals surface area contributed by atoms with Crippen LogP contribution in [-0.4, -0.2) is 16.1 Å². The molecule has 0 aliphatic heterocycles. The van der Waals surface area contributed by atoms with Crippen molar-refractivity contribution in [3.05, 3.63) is 59.7 Å². The van der Waals surface area contributed by atoms with Crippen molar-refractivity contribution in [3.8, 4) is 11.3 Å². The predicted molar refractivity (Wildman–Crippen MR) is 75.4 cm³/mol. The lowest BCUT2D eigenvalue weighted by Gasteiger charge is -1.98. The van der Waals surface area contributed by atoms with Crippen molar-refractivity contribution in [1.29, 1.82) is 0 Å². The molecule has 2 aromatic carbocycles. The first-order valence-electron chi connectivity index (χ1n) is 6.06. The number of H-pyrrole nitrogens is 1. The number of benzene rings is 2. The molecule has 2 N–H and O–H groups in total. The van der Waals surface area contributed by atoms with Crippen LogP contribution in [0.2, 0.25) is 0 Å². The topological polar surface area (TPSA) is 53.1 Å². The van der Waals surface area contributed by atoms with E-state index in [0.29, 0.717) is 5.56 Å². The van der Waals surface area contributed by atoms with Gasteiger partial charge in [0.15, 0.2) is 0 Å². The number of carboxylic acids is 1. The first-order chi connectivity index (χ1) is 9.13. The molecule has 3 aromatic rings. The van der Waals surface area contributed by atoms with E-state index in [9.17, 15) is 4.79 Å². The molecule has 0 atom stereocenters. The van der Waals surface area contributed by atoms with E-state index < -0.39 is 5.97 Å². The van der Waals surface area contributed by atoms with E-state index in [2.05, 4.69) is 24.0 Å². The van der Waals surface area contributed by atoms with Gasteiger partial charge in [-0.3, -0.25) is 0 Å². The molecule has 1 heterocycles. The van der Waals surface area contributed by atoms with Gasteiger partial charge in [0.1, 0.15) is 0 Å². The fourth-order valence-corrected chi connectivity index (χ4v) is 2.23. The summed E-state index contributed by atoms with van der Waals surface area (Å²) in [5.41, 5.74) is 4.44. The smallest absolute Gasteiger partial charge is 0.335 e. The zero-order chi connectivity index (χ0) is 13.4. The summed E-state index contributed by atoms with van der Waals surface area (Å²) in [5.74, 6) is -0.909. The Hall–Kier alpha value is -2.55. The number of aromatic carboxylic acids is 1. The average molecular weight is 251 g/mol. The lowest BCUT2D eigenvalue weighted by Crippen LogP contribution is -1.94. The Balaban J connectivity index is 2.14. The molecule has 94 valence electrons. The normalized spacial score (nSPS) is 10.8. The third-order valence-corrected chi connectivity index (χ3v) is 3.20. The van der Waals surface area contributed by atoms with Crippen molar-refractivity contribution in [2.45, 2.75) is 6.92 Å². The van der Waals surface area contributed by atoms with Crippen LogP contribution in [0.15, 0.2) is 48.5 Å². The van der Waals surface area contributed by atoms with Gasteiger partial charge in [-0.2, -0.15) is 0 Å². The third kappa shape index (κ3) is 2.10. The maximum absolute atomic E-state index is 11.0. The van der Waals surface area contributed by atoms with Gasteiger partial charge in [0.05, 0.1) is 5.56 Å². The van der Waals surface area contributed by atoms with Crippen molar-refractivity contribution >= 4 is 16.9 Å². The summed E-state index contributed by atoms with van der Waals surface area (Å²) >= 11 is 0. The van der Waals surface area contributed by atoms with E-state index in [1.807, 2.05) is 24.3 Å². The summed E-state index contributed by atoms with van der Waals surface area (Å²) in [7, 11) is 0. The molecule has 3 nitrogen and oxygen atoms in total. The van der Waals surface area contributed by atoms with Crippen LogP contribution in [0.25, 0.3) is 22.2 Å². The SMILES string of the molecule is Cc1cccc(-c2cc3ccc(C(=O)O)cc3[nH]2)c1. The van der Waals surface area contributed by atoms with E-state index in [1.54, 1.807) is 12.1 Å². The molecule has 0 aliphatic carbocycles. The van der Waals surface area contributed by atoms with Gasteiger partial charge < -0.3 is 10.1 Å². The lowest BCUT2D eigenvalue weighted by atomic mass is 10.1. The molecule has 0 saturated heterocycles. The molecule has 0 amide bonds. The zero-order valence-electron chi connectivity index (χ0n) is 10.5. The van der Waals surface area contributed by atoms with Gasteiger partial charge in [-0.05, 0) is 36.8 Å². The number of nitrogens with one attached hydrogen (secondary N) is 1. The minimum Gasteiger partial charge on any atom is -0.478 e. The van der Waals surface area contributed by atoms with Crippen molar-refractivity contribution in [1.82, 2.24) is 4.98 Å². The molecule has 1 aromatic heterocycles. The van der Waals surface area contributed by atoms with E-state index in [0.717, 1.165) is 22.2 Å². The summed E-state index contributed by atoms with van der Waals surface area (Å²) in [6.45, 7) is 2.05. The van der Waals surface area contributed by atoms with Crippen molar-refractivity contribution < 1.29 is 9.90 Å². The van der Waals surface area contributed by atoms with Gasteiger partial charge in [0, 0.05) is 16.6 Å². The summed E-state index contributed by atoms with van der Waals surface area (Å²) in [6.07, 6.45) is 0. The molecule has 19 heavy (non-hydrogen) atoms. The Labute approximate surface area is 110 Å². The van der Waals surface area contributed by atoms with Crippen LogP contribution in [0.1, 0.15) is 15.9 Å². The molecule has 0 saturated carbocycles. The predicted octanol–water partition coefficient (Wildman–Crippen LogP) is 3.84. The Morgan fingerprint density at radius 1 is 1.11 bits per heavy atom. The Morgan fingerprint density at radius 2 is 1.95 bits per heavy atom. The lowest BCUT2D eigenvalue weighted by molar-refractivity contribution is 0.0697. The minimum atomic E-state index is -0.909. The van der Waals surface area contributed by atoms with Crippen molar-refractivity contribution in [3.63, 3.8) is 0 Å². The summed E-state index contributed by atoms with van der Waals surface area (Å²) in [5, 5.41) is 10.0. The maximum Gasteiger partial charge on any atom is 0.335 e.